The molecule has 4 aromatic heterocycles. The molecule has 35 nitrogen and oxygen atoms in total. The van der Waals surface area contributed by atoms with E-state index in [4.69, 9.17) is 45.9 Å². The first-order valence-corrected chi connectivity index (χ1v) is 41.3. The van der Waals surface area contributed by atoms with Gasteiger partial charge in [-0.05, 0) is 195 Å². The molecule has 31 N–H and O–H groups in total. The number of H-pyrrole nitrogens is 4. The van der Waals surface area contributed by atoms with Crippen molar-refractivity contribution in [2.45, 2.75) is 202 Å². The van der Waals surface area contributed by atoms with Gasteiger partial charge >= 0.3 is 0 Å². The number of hydrogen-bond acceptors (Lipinski definition) is 19. The topological polar surface area (TPSA) is 608 Å². The summed E-state index contributed by atoms with van der Waals surface area (Å²) in [6.07, 6.45) is 12.7. The molecule has 0 aliphatic carbocycles. The molecule has 0 aliphatic rings. The van der Waals surface area contributed by atoms with Crippen LogP contribution in [0.2, 0.25) is 0 Å². The van der Waals surface area contributed by atoms with Gasteiger partial charge in [-0.1, -0.05) is 79.2 Å². The van der Waals surface area contributed by atoms with E-state index in [1.807, 2.05) is 91.0 Å². The molecule has 0 saturated carbocycles. The number of aromatic amines is 4. The number of carbonyl (C=O) groups is 12. The lowest BCUT2D eigenvalue weighted by molar-refractivity contribution is -0.135. The normalized spacial score (nSPS) is 13.9. The molecule has 0 aliphatic heterocycles. The van der Waals surface area contributed by atoms with Crippen LogP contribution in [0.1, 0.15) is 138 Å². The summed E-state index contributed by atoms with van der Waals surface area (Å²) in [6, 6.07) is 16.8. The predicted octanol–water partition coefficient (Wildman–Crippen LogP) is 0.0646. The number of primary amides is 1. The number of rotatable bonds is 55. The van der Waals surface area contributed by atoms with E-state index in [9.17, 15) is 52.7 Å². The zero-order valence-corrected chi connectivity index (χ0v) is 67.6. The average Bonchev–Trinajstić information content (AvgIpc) is 1.70. The second-order valence-corrected chi connectivity index (χ2v) is 30.1. The molecule has 4 aromatic carbocycles. The molecule has 8 rings (SSSR count). The van der Waals surface area contributed by atoms with Crippen molar-refractivity contribution in [1.82, 2.24) is 78.4 Å². The third-order valence-electron chi connectivity index (χ3n) is 21.0. The minimum atomic E-state index is -1.41. The second kappa shape index (κ2) is 48.9. The van der Waals surface area contributed by atoms with E-state index >= 15 is 4.79 Å². The molecule has 8 aromatic rings. The highest BCUT2D eigenvalue weighted by Crippen LogP contribution is 2.25. The minimum absolute atomic E-state index is 0.0107. The number of carbonyl (C=O) groups excluding carboxylic acids is 12. The summed E-state index contributed by atoms with van der Waals surface area (Å²) in [5.74, 6) is -9.15. The van der Waals surface area contributed by atoms with E-state index in [1.165, 1.54) is 0 Å². The Morgan fingerprint density at radius 1 is 0.269 bits per heavy atom. The largest absolute Gasteiger partial charge is 0.368 e. The molecule has 0 spiro atoms. The standard InChI is InChI=1S/C84H121N23O12/c85-35-15-9-25-59(91)76(111)104-69(41-51-45-93-60-26-5-1-21-55(51)60)82(117)102-67(33-13-19-39-89)80(115)107-71(43-53-47-95-62-28-7-3-23-57(53)62)83(118)101-65(31-11-17-37-87)77(112)98-49-73(108)97-50-74(109)99-66(32-12-18-38-88)78(113)105-72(44-54-48-96-63-29-8-4-24-58(54)63)84(119)103-68(34-14-20-40-90)79(114)106-70(42-52-46-94-61-27-6-2-22-56(52)61)81(116)100-64(75(92)110)30-10-16-36-86/h1-8,21-24,26-29,45-48,59,64-72,93-96H,9-20,25,30-44,49-50,85-91H2,(H2,92,110)(H,97,108)(H,98,112)(H,99,109)(H,100,116)(H,101,118)(H,102,117)(H,103,119)(H,104,111)(H,105,113)(H,106,114)(H,107,115)/t59-,64-,65-,66-,67-,68-,69-,70-,71-,72-/m1/s1. The smallest absolute Gasteiger partial charge is 0.243 e. The third-order valence-corrected chi connectivity index (χ3v) is 21.0. The van der Waals surface area contributed by atoms with Crippen LogP contribution in [0.5, 0.6) is 0 Å². The van der Waals surface area contributed by atoms with Gasteiger partial charge in [-0.15, -0.1) is 0 Å². The Morgan fingerprint density at radius 3 is 0.824 bits per heavy atom. The first-order chi connectivity index (χ1) is 57.6. The van der Waals surface area contributed by atoms with E-state index in [2.05, 4.69) is 78.4 Å². The fraction of sp³-hybridized carbons (Fsp3) is 0.476. The molecule has 10 atom stereocenters. The fourth-order valence-electron chi connectivity index (χ4n) is 14.3. The lowest BCUT2D eigenvalue weighted by Crippen LogP contribution is -2.60. The zero-order chi connectivity index (χ0) is 85.6. The summed E-state index contributed by atoms with van der Waals surface area (Å²) in [7, 11) is 0. The minimum Gasteiger partial charge on any atom is -0.368 e. The highest BCUT2D eigenvalue weighted by atomic mass is 16.2. The summed E-state index contributed by atoms with van der Waals surface area (Å²) in [4.78, 5) is 185. The van der Waals surface area contributed by atoms with Crippen LogP contribution in [-0.2, 0) is 83.2 Å². The van der Waals surface area contributed by atoms with Crippen LogP contribution in [0.4, 0.5) is 0 Å². The van der Waals surface area contributed by atoms with Crippen LogP contribution in [0.3, 0.4) is 0 Å². The molecule has 644 valence electrons. The number of amides is 12. The second-order valence-electron chi connectivity index (χ2n) is 30.1. The summed E-state index contributed by atoms with van der Waals surface area (Å²) in [5.41, 5.74) is 52.9. The van der Waals surface area contributed by atoms with Crippen LogP contribution >= 0.6 is 0 Å². The van der Waals surface area contributed by atoms with Crippen molar-refractivity contribution in [2.24, 2.45) is 45.9 Å². The Balaban J connectivity index is 0.959. The van der Waals surface area contributed by atoms with Crippen molar-refractivity contribution in [3.05, 3.63) is 144 Å². The van der Waals surface area contributed by atoms with Crippen LogP contribution in [0.25, 0.3) is 43.6 Å². The van der Waals surface area contributed by atoms with E-state index in [-0.39, 0.29) is 84.0 Å². The molecular weight excluding hydrogens is 1520 g/mol. The summed E-state index contributed by atoms with van der Waals surface area (Å²) in [5, 5.41) is 33.4. The lowest BCUT2D eigenvalue weighted by atomic mass is 10.0. The van der Waals surface area contributed by atoms with Crippen LogP contribution in [0.15, 0.2) is 122 Å². The molecular formula is C84H121N23O12. The van der Waals surface area contributed by atoms with Gasteiger partial charge in [-0.3, -0.25) is 57.5 Å². The monoisotopic (exact) mass is 1640 g/mol. The van der Waals surface area contributed by atoms with Gasteiger partial charge in [0.15, 0.2) is 0 Å². The molecule has 0 radical (unpaired) electrons. The van der Waals surface area contributed by atoms with E-state index in [1.54, 1.807) is 30.9 Å². The Morgan fingerprint density at radius 2 is 0.513 bits per heavy atom. The quantitative estimate of drug-likeness (QED) is 0.0224. The van der Waals surface area contributed by atoms with Crippen LogP contribution in [0, 0.1) is 0 Å². The summed E-state index contributed by atoms with van der Waals surface area (Å²) in [6.45, 7) is 0.355. The molecule has 0 fully saturated rings. The number of benzene rings is 4. The maximum Gasteiger partial charge on any atom is 0.243 e. The number of aromatic nitrogens is 4. The molecule has 4 heterocycles. The number of nitrogens with one attached hydrogen (secondary N) is 15. The van der Waals surface area contributed by atoms with Gasteiger partial charge < -0.3 is 124 Å². The van der Waals surface area contributed by atoms with Crippen molar-refractivity contribution < 1.29 is 57.5 Å². The van der Waals surface area contributed by atoms with Gasteiger partial charge in [0.2, 0.25) is 70.9 Å². The fourth-order valence-corrected chi connectivity index (χ4v) is 14.3. The van der Waals surface area contributed by atoms with Crippen molar-refractivity contribution in [1.29, 1.82) is 0 Å². The molecule has 0 bridgehead atoms. The van der Waals surface area contributed by atoms with E-state index < -0.39 is 144 Å². The molecule has 119 heavy (non-hydrogen) atoms. The highest BCUT2D eigenvalue weighted by molar-refractivity contribution is 6.00. The van der Waals surface area contributed by atoms with Gasteiger partial charge in [-0.2, -0.15) is 0 Å². The zero-order valence-electron chi connectivity index (χ0n) is 67.6. The Bertz CT molecular complexity index is 4650. The van der Waals surface area contributed by atoms with Gasteiger partial charge in [0.25, 0.3) is 0 Å². The number of para-hydroxylation sites is 4. The molecule has 0 saturated heterocycles. The SMILES string of the molecule is NCCCC[C@@H](N)C(=O)N[C@H](Cc1c[nH]c2ccccc12)C(=O)N[C@H](CCCCN)C(=O)N[C@H](Cc1c[nH]c2ccccc12)C(=O)N[C@H](CCCCN)C(=O)NCC(=O)NCC(=O)N[C@H](CCCCN)C(=O)N[C@H](Cc1c[nH]c2ccccc12)C(=O)N[C@H](CCCCN)C(=O)N[C@H](Cc1c[nH]c2ccccc12)C(=O)N[C@H](CCCCN)C(N)=O. The number of unbranched alkanes of at least 4 members (excludes halogenated alkanes) is 6. The van der Waals surface area contributed by atoms with Gasteiger partial charge in [0.05, 0.1) is 19.1 Å². The van der Waals surface area contributed by atoms with E-state index in [0.29, 0.717) is 119 Å². The first kappa shape index (κ1) is 92.9. The molecule has 0 unspecified atom stereocenters. The Kier molecular flexibility index (Phi) is 38.2. The molecule has 35 heteroatoms. The Hall–Kier alpha value is -11.6. The first-order valence-electron chi connectivity index (χ1n) is 41.3. The third kappa shape index (κ3) is 28.9. The maximum atomic E-state index is 15.1. The maximum absolute atomic E-state index is 15.1. The highest BCUT2D eigenvalue weighted by Gasteiger charge is 2.37. The van der Waals surface area contributed by atoms with Crippen molar-refractivity contribution in [3.63, 3.8) is 0 Å². The number of nitrogens with two attached hydrogens (primary N) is 8. The van der Waals surface area contributed by atoms with Crippen molar-refractivity contribution in [3.8, 4) is 0 Å². The number of hydrogen-bond donors (Lipinski definition) is 23. The molecule has 12 amide bonds. The number of fused-ring (bicyclic) bond motifs is 4. The lowest BCUT2D eigenvalue weighted by Gasteiger charge is -2.27. The summed E-state index contributed by atoms with van der Waals surface area (Å²) < 4.78 is 0. The van der Waals surface area contributed by atoms with Gasteiger partial charge in [0.1, 0.15) is 54.4 Å². The van der Waals surface area contributed by atoms with Crippen molar-refractivity contribution >= 4 is 114 Å². The van der Waals surface area contributed by atoms with E-state index in [0.717, 1.165) is 43.6 Å². The average molecular weight is 1650 g/mol. The summed E-state index contributed by atoms with van der Waals surface area (Å²) >= 11 is 0. The van der Waals surface area contributed by atoms with Gasteiger partial charge in [-0.25, -0.2) is 0 Å². The predicted molar refractivity (Wildman–Crippen MR) is 456 cm³/mol. The van der Waals surface area contributed by atoms with Crippen LogP contribution in [-0.4, -0.2) is 204 Å². The van der Waals surface area contributed by atoms with Gasteiger partial charge in [0, 0.05) is 94.1 Å². The van der Waals surface area contributed by atoms with Crippen molar-refractivity contribution in [2.75, 3.05) is 52.4 Å². The van der Waals surface area contributed by atoms with Crippen LogP contribution < -0.4 is 104 Å². The Labute approximate surface area is 691 Å².